The lowest BCUT2D eigenvalue weighted by Gasteiger charge is -2.35. The SMILES string of the molecule is Cc1cc(-c2cc3c(c(COC4CC(F)(F)C4)c2)NC(=O)CC3)cn(C)c1=O. The molecule has 1 fully saturated rings. The number of nitrogens with zero attached hydrogens (tertiary/aromatic N) is 1. The van der Waals surface area contributed by atoms with Crippen LogP contribution in [0.4, 0.5) is 14.5 Å². The van der Waals surface area contributed by atoms with Crippen molar-refractivity contribution in [3.05, 3.63) is 51.4 Å². The third kappa shape index (κ3) is 3.58. The number of alkyl halides is 2. The van der Waals surface area contributed by atoms with E-state index in [4.69, 9.17) is 4.74 Å². The van der Waals surface area contributed by atoms with Gasteiger partial charge in [-0.2, -0.15) is 0 Å². The van der Waals surface area contributed by atoms with E-state index < -0.39 is 12.0 Å². The summed E-state index contributed by atoms with van der Waals surface area (Å²) in [6, 6.07) is 5.75. The molecule has 2 heterocycles. The Morgan fingerprint density at radius 3 is 2.61 bits per heavy atom. The number of ether oxygens (including phenoxy) is 1. The van der Waals surface area contributed by atoms with E-state index in [0.717, 1.165) is 22.3 Å². The average Bonchev–Trinajstić information content (AvgIpc) is 2.61. The van der Waals surface area contributed by atoms with Crippen LogP contribution in [0, 0.1) is 6.92 Å². The number of carbonyl (C=O) groups excluding carboxylic acids is 1. The van der Waals surface area contributed by atoms with Gasteiger partial charge in [0.1, 0.15) is 0 Å². The molecule has 4 rings (SSSR count). The van der Waals surface area contributed by atoms with E-state index in [0.29, 0.717) is 24.1 Å². The molecule has 0 spiro atoms. The number of nitrogens with one attached hydrogen (secondary N) is 1. The molecule has 0 radical (unpaired) electrons. The van der Waals surface area contributed by atoms with Gasteiger partial charge in [-0.25, -0.2) is 8.78 Å². The number of carbonyl (C=O) groups is 1. The number of amides is 1. The normalized spacial score (nSPS) is 18.4. The van der Waals surface area contributed by atoms with Gasteiger partial charge in [0.15, 0.2) is 0 Å². The van der Waals surface area contributed by atoms with E-state index in [1.807, 2.05) is 18.2 Å². The zero-order valence-electron chi connectivity index (χ0n) is 15.9. The molecule has 0 atom stereocenters. The van der Waals surface area contributed by atoms with Crippen molar-refractivity contribution in [2.24, 2.45) is 7.05 Å². The Kier molecular flexibility index (Phi) is 4.57. The Hall–Kier alpha value is -2.54. The van der Waals surface area contributed by atoms with Crippen LogP contribution in [0.2, 0.25) is 0 Å². The second kappa shape index (κ2) is 6.81. The van der Waals surface area contributed by atoms with Gasteiger partial charge in [0, 0.05) is 49.3 Å². The predicted molar refractivity (Wildman–Crippen MR) is 102 cm³/mol. The molecule has 0 bridgehead atoms. The Bertz CT molecular complexity index is 979. The molecule has 28 heavy (non-hydrogen) atoms. The minimum Gasteiger partial charge on any atom is -0.373 e. The summed E-state index contributed by atoms with van der Waals surface area (Å²) < 4.78 is 33.3. The summed E-state index contributed by atoms with van der Waals surface area (Å²) in [5.41, 5.74) is 4.85. The van der Waals surface area contributed by atoms with Crippen molar-refractivity contribution < 1.29 is 18.3 Å². The number of hydrogen-bond acceptors (Lipinski definition) is 3. The topological polar surface area (TPSA) is 60.3 Å². The molecule has 0 unspecified atom stereocenters. The van der Waals surface area contributed by atoms with Crippen LogP contribution in [0.15, 0.2) is 29.2 Å². The van der Waals surface area contributed by atoms with Crippen LogP contribution in [0.5, 0.6) is 0 Å². The van der Waals surface area contributed by atoms with Crippen LogP contribution in [-0.2, 0) is 29.6 Å². The zero-order chi connectivity index (χ0) is 20.1. The second-order valence-corrected chi connectivity index (χ2v) is 7.74. The minimum absolute atomic E-state index is 0.0524. The molecule has 1 aliphatic heterocycles. The van der Waals surface area contributed by atoms with Gasteiger partial charge in [0.2, 0.25) is 5.91 Å². The number of halogens is 2. The molecule has 2 aromatic rings. The van der Waals surface area contributed by atoms with Gasteiger partial charge in [-0.3, -0.25) is 9.59 Å². The fraction of sp³-hybridized carbons (Fsp3) is 0.429. The van der Waals surface area contributed by atoms with Gasteiger partial charge in [-0.1, -0.05) is 0 Å². The summed E-state index contributed by atoms with van der Waals surface area (Å²) in [7, 11) is 1.71. The lowest BCUT2D eigenvalue weighted by atomic mass is 9.90. The molecular formula is C21H22F2N2O3. The zero-order valence-corrected chi connectivity index (χ0v) is 15.9. The lowest BCUT2D eigenvalue weighted by molar-refractivity contribution is -0.169. The van der Waals surface area contributed by atoms with Crippen molar-refractivity contribution in [1.82, 2.24) is 4.57 Å². The number of benzene rings is 1. The number of aryl methyl sites for hydroxylation is 3. The maximum Gasteiger partial charge on any atom is 0.253 e. The molecule has 1 saturated carbocycles. The predicted octanol–water partition coefficient (Wildman–Crippen LogP) is 3.56. The number of anilines is 1. The summed E-state index contributed by atoms with van der Waals surface area (Å²) >= 11 is 0. The van der Waals surface area contributed by atoms with E-state index in [-0.39, 0.29) is 30.9 Å². The number of pyridine rings is 1. The molecule has 1 amide bonds. The molecule has 5 nitrogen and oxygen atoms in total. The third-order valence-electron chi connectivity index (χ3n) is 5.41. The second-order valence-electron chi connectivity index (χ2n) is 7.74. The Labute approximate surface area is 161 Å². The van der Waals surface area contributed by atoms with E-state index in [1.165, 1.54) is 0 Å². The fourth-order valence-electron chi connectivity index (χ4n) is 3.82. The number of rotatable bonds is 4. The van der Waals surface area contributed by atoms with Crippen LogP contribution >= 0.6 is 0 Å². The maximum atomic E-state index is 13.1. The summed E-state index contributed by atoms with van der Waals surface area (Å²) in [6.45, 7) is 1.92. The first-order valence-corrected chi connectivity index (χ1v) is 9.34. The van der Waals surface area contributed by atoms with Gasteiger partial charge in [0.25, 0.3) is 11.5 Å². The smallest absolute Gasteiger partial charge is 0.253 e. The fourth-order valence-corrected chi connectivity index (χ4v) is 3.82. The molecule has 2 aliphatic rings. The van der Waals surface area contributed by atoms with Gasteiger partial charge in [0.05, 0.1) is 12.7 Å². The highest BCUT2D eigenvalue weighted by Crippen LogP contribution is 2.40. The molecule has 1 aromatic carbocycles. The summed E-state index contributed by atoms with van der Waals surface area (Å²) in [5.74, 6) is -2.69. The molecular weight excluding hydrogens is 366 g/mol. The van der Waals surface area contributed by atoms with E-state index in [9.17, 15) is 18.4 Å². The Morgan fingerprint density at radius 1 is 1.18 bits per heavy atom. The molecule has 1 aromatic heterocycles. The van der Waals surface area contributed by atoms with Crippen molar-refractivity contribution in [3.63, 3.8) is 0 Å². The van der Waals surface area contributed by atoms with Crippen LogP contribution in [-0.4, -0.2) is 22.5 Å². The quantitative estimate of drug-likeness (QED) is 0.871. The van der Waals surface area contributed by atoms with Gasteiger partial charge in [-0.05, 0) is 48.2 Å². The van der Waals surface area contributed by atoms with Crippen LogP contribution in [0.25, 0.3) is 11.1 Å². The lowest BCUT2D eigenvalue weighted by Crippen LogP contribution is -2.41. The van der Waals surface area contributed by atoms with Gasteiger partial charge in [-0.15, -0.1) is 0 Å². The summed E-state index contributed by atoms with van der Waals surface area (Å²) in [5, 5.41) is 2.89. The molecule has 1 aliphatic carbocycles. The van der Waals surface area contributed by atoms with E-state index in [2.05, 4.69) is 5.32 Å². The van der Waals surface area contributed by atoms with Crippen molar-refractivity contribution in [2.45, 2.75) is 51.2 Å². The Morgan fingerprint density at radius 2 is 1.93 bits per heavy atom. The molecule has 148 valence electrons. The van der Waals surface area contributed by atoms with Crippen LogP contribution in [0.1, 0.15) is 36.0 Å². The molecule has 1 N–H and O–H groups in total. The minimum atomic E-state index is -2.63. The Balaban J connectivity index is 1.68. The monoisotopic (exact) mass is 388 g/mol. The highest BCUT2D eigenvalue weighted by Gasteiger charge is 2.46. The van der Waals surface area contributed by atoms with Crippen molar-refractivity contribution in [3.8, 4) is 11.1 Å². The van der Waals surface area contributed by atoms with Crippen LogP contribution < -0.4 is 10.9 Å². The first kappa shape index (κ1) is 18.8. The van der Waals surface area contributed by atoms with Gasteiger partial charge >= 0.3 is 0 Å². The van der Waals surface area contributed by atoms with Gasteiger partial charge < -0.3 is 14.6 Å². The summed E-state index contributed by atoms with van der Waals surface area (Å²) in [6.07, 6.45) is 1.79. The first-order chi connectivity index (χ1) is 13.2. The van der Waals surface area contributed by atoms with E-state index in [1.54, 1.807) is 24.7 Å². The number of hydrogen-bond donors (Lipinski definition) is 1. The van der Waals surface area contributed by atoms with Crippen LogP contribution in [0.3, 0.4) is 0 Å². The van der Waals surface area contributed by atoms with Crippen molar-refractivity contribution >= 4 is 11.6 Å². The highest BCUT2D eigenvalue weighted by molar-refractivity contribution is 5.95. The standard InChI is InChI=1S/C21H22F2N2O3/c1-12-5-15(10-25(2)20(12)27)14-6-13-3-4-18(26)24-19(13)16(7-14)11-28-17-8-21(22,23)9-17/h5-7,10,17H,3-4,8-9,11H2,1-2H3,(H,24,26). The van der Waals surface area contributed by atoms with Crippen molar-refractivity contribution in [1.29, 1.82) is 0 Å². The largest absolute Gasteiger partial charge is 0.373 e. The number of fused-ring (bicyclic) bond motifs is 1. The number of aromatic nitrogens is 1. The molecule has 0 saturated heterocycles. The highest BCUT2D eigenvalue weighted by atomic mass is 19.3. The average molecular weight is 388 g/mol. The van der Waals surface area contributed by atoms with E-state index >= 15 is 0 Å². The molecule has 7 heteroatoms. The maximum absolute atomic E-state index is 13.1. The first-order valence-electron chi connectivity index (χ1n) is 9.34. The van der Waals surface area contributed by atoms with Crippen molar-refractivity contribution in [2.75, 3.05) is 5.32 Å². The third-order valence-corrected chi connectivity index (χ3v) is 5.41. The summed E-state index contributed by atoms with van der Waals surface area (Å²) in [4.78, 5) is 23.9.